The molecule has 0 N–H and O–H groups in total. The third-order valence-corrected chi connectivity index (χ3v) is 5.84. The van der Waals surface area contributed by atoms with E-state index < -0.39 is 14.5 Å². The van der Waals surface area contributed by atoms with Crippen LogP contribution in [-0.2, 0) is 3.79 Å². The van der Waals surface area contributed by atoms with Crippen molar-refractivity contribution in [2.24, 2.45) is 0 Å². The molecule has 0 aromatic rings. The van der Waals surface area contributed by atoms with E-state index in [1.165, 1.54) is 31.0 Å². The maximum absolute atomic E-state index is 5.83. The quantitative estimate of drug-likeness (QED) is 0.592. The minimum absolute atomic E-state index is 0.738. The zero-order chi connectivity index (χ0) is 8.10. The van der Waals surface area contributed by atoms with Gasteiger partial charge in [-0.3, -0.25) is 0 Å². The van der Waals surface area contributed by atoms with Crippen LogP contribution in [0.3, 0.4) is 0 Å². The van der Waals surface area contributed by atoms with Crippen LogP contribution in [-0.4, -0.2) is 21.1 Å². The van der Waals surface area contributed by atoms with Crippen LogP contribution in [0.2, 0.25) is 10.1 Å². The first-order chi connectivity index (χ1) is 5.34. The minimum Gasteiger partial charge on any atom is -0.500 e. The lowest BCUT2D eigenvalue weighted by atomic mass is 10.3. The second-order valence-corrected chi connectivity index (χ2v) is 6.80. The first-order valence-electron chi connectivity index (χ1n) is 4.96. The fourth-order valence-corrected chi connectivity index (χ4v) is 4.79. The van der Waals surface area contributed by atoms with Gasteiger partial charge in [-0.15, -0.1) is 0 Å². The van der Waals surface area contributed by atoms with Crippen molar-refractivity contribution in [1.29, 1.82) is 0 Å². The molecule has 1 fully saturated rings. The van der Waals surface area contributed by atoms with Gasteiger partial charge in [-0.2, -0.15) is 0 Å². The number of hydrogen-bond donors (Lipinski definition) is 0. The fourth-order valence-electron chi connectivity index (χ4n) is 1.86. The van der Waals surface area contributed by atoms with Crippen LogP contribution < -0.4 is 0 Å². The molecule has 1 aliphatic heterocycles. The highest BCUT2D eigenvalue weighted by Gasteiger charge is 2.28. The Morgan fingerprint density at radius 3 is 2.82 bits per heavy atom. The molecule has 1 unspecified atom stereocenters. The van der Waals surface area contributed by atoms with Crippen molar-refractivity contribution in [1.82, 2.24) is 0 Å². The molecule has 1 heterocycles. The molecule has 0 spiro atoms. The molecule has 64 valence electrons. The van der Waals surface area contributed by atoms with Gasteiger partial charge < -0.3 is 3.79 Å². The summed E-state index contributed by atoms with van der Waals surface area (Å²) in [6.45, 7) is 5.71. The average Bonchev–Trinajstić information content (AvgIpc) is 2.07. The van der Waals surface area contributed by atoms with Gasteiger partial charge in [0.05, 0.1) is 0 Å². The van der Waals surface area contributed by atoms with E-state index >= 15 is 0 Å². The fraction of sp³-hybridized carbons (Fsp3) is 1.00. The maximum Gasteiger partial charge on any atom is 0.463 e. The predicted octanol–water partition coefficient (Wildman–Crippen LogP) is 2.98. The Kier molecular flexibility index (Phi) is 4.52. The second kappa shape index (κ2) is 5.19. The highest BCUT2D eigenvalue weighted by atomic mass is 27.2. The average molecular weight is 170 g/mol. The van der Waals surface area contributed by atoms with Gasteiger partial charge in [0.2, 0.25) is 0 Å². The standard InChI is InChI=1S/C5H11.C4H8O.Al/c1-3-5-4-2;1-2-3-4-5;/h3H,4-5H2,1-2H3;1-4H2;/q;-1;+1. The molecule has 0 radical (unpaired) electrons. The van der Waals surface area contributed by atoms with Gasteiger partial charge in [0.1, 0.15) is 0 Å². The summed E-state index contributed by atoms with van der Waals surface area (Å²) in [5, 5.41) is 1.43. The van der Waals surface area contributed by atoms with Crippen LogP contribution in [0, 0.1) is 0 Å². The molecular weight excluding hydrogens is 151 g/mol. The van der Waals surface area contributed by atoms with Crippen LogP contribution >= 0.6 is 0 Å². The summed E-state index contributed by atoms with van der Waals surface area (Å²) >= 11 is -0.738. The van der Waals surface area contributed by atoms with Crippen molar-refractivity contribution in [3.63, 3.8) is 0 Å². The van der Waals surface area contributed by atoms with Crippen molar-refractivity contribution < 1.29 is 3.79 Å². The lowest BCUT2D eigenvalue weighted by Gasteiger charge is -2.23. The zero-order valence-corrected chi connectivity index (χ0v) is 8.96. The van der Waals surface area contributed by atoms with E-state index in [4.69, 9.17) is 3.79 Å². The highest BCUT2D eigenvalue weighted by Crippen LogP contribution is 2.24. The van der Waals surface area contributed by atoms with Crippen molar-refractivity contribution in [3.05, 3.63) is 0 Å². The van der Waals surface area contributed by atoms with Gasteiger partial charge in [-0.25, -0.2) is 0 Å². The van der Waals surface area contributed by atoms with E-state index in [9.17, 15) is 0 Å². The molecule has 1 rings (SSSR count). The molecule has 0 bridgehead atoms. The van der Waals surface area contributed by atoms with Crippen molar-refractivity contribution in [2.45, 2.75) is 49.6 Å². The summed E-state index contributed by atoms with van der Waals surface area (Å²) < 4.78 is 6.75. The summed E-state index contributed by atoms with van der Waals surface area (Å²) in [5.41, 5.74) is 0. The SMILES string of the molecule is CCC[CH](C)[Al]1[CH2]CCC[O]1. The smallest absolute Gasteiger partial charge is 0.463 e. The third kappa shape index (κ3) is 3.15. The Bertz CT molecular complexity index is 99.7. The Labute approximate surface area is 74.9 Å². The maximum atomic E-state index is 5.83. The summed E-state index contributed by atoms with van der Waals surface area (Å²) in [5.74, 6) is 0. The third-order valence-electron chi connectivity index (χ3n) is 2.59. The van der Waals surface area contributed by atoms with E-state index in [2.05, 4.69) is 13.8 Å². The van der Waals surface area contributed by atoms with Crippen molar-refractivity contribution >= 4 is 14.5 Å². The predicted molar refractivity (Wildman–Crippen MR) is 50.1 cm³/mol. The van der Waals surface area contributed by atoms with Gasteiger partial charge in [-0.05, 0) is 6.42 Å². The largest absolute Gasteiger partial charge is 0.500 e. The summed E-state index contributed by atoms with van der Waals surface area (Å²) in [6.07, 6.45) is 5.46. The van der Waals surface area contributed by atoms with Crippen LogP contribution in [0.15, 0.2) is 0 Å². The number of rotatable bonds is 3. The lowest BCUT2D eigenvalue weighted by molar-refractivity contribution is 0.279. The van der Waals surface area contributed by atoms with E-state index in [1.54, 1.807) is 0 Å². The first-order valence-corrected chi connectivity index (χ1v) is 6.91. The Hall–Kier alpha value is 0.492. The van der Waals surface area contributed by atoms with Gasteiger partial charge in [0.15, 0.2) is 0 Å². The van der Waals surface area contributed by atoms with E-state index in [-0.39, 0.29) is 0 Å². The van der Waals surface area contributed by atoms with Gasteiger partial charge >= 0.3 is 14.5 Å². The Morgan fingerprint density at radius 2 is 2.27 bits per heavy atom. The van der Waals surface area contributed by atoms with Crippen LogP contribution in [0.1, 0.15) is 39.5 Å². The molecule has 1 saturated heterocycles. The minimum atomic E-state index is -0.738. The van der Waals surface area contributed by atoms with E-state index in [0.717, 1.165) is 11.4 Å². The molecule has 1 nitrogen and oxygen atoms in total. The van der Waals surface area contributed by atoms with Crippen molar-refractivity contribution in [3.8, 4) is 0 Å². The van der Waals surface area contributed by atoms with Gasteiger partial charge in [-0.1, -0.05) is 43.2 Å². The monoisotopic (exact) mass is 170 g/mol. The van der Waals surface area contributed by atoms with Gasteiger partial charge in [0, 0.05) is 6.61 Å². The molecule has 2 heteroatoms. The van der Waals surface area contributed by atoms with Crippen LogP contribution in [0.25, 0.3) is 0 Å². The molecule has 11 heavy (non-hydrogen) atoms. The summed E-state index contributed by atoms with van der Waals surface area (Å²) in [7, 11) is 0. The summed E-state index contributed by atoms with van der Waals surface area (Å²) in [6, 6.07) is 0. The van der Waals surface area contributed by atoms with Crippen molar-refractivity contribution in [2.75, 3.05) is 6.61 Å². The van der Waals surface area contributed by atoms with Gasteiger partial charge in [0.25, 0.3) is 0 Å². The second-order valence-electron chi connectivity index (χ2n) is 3.67. The molecule has 0 aromatic carbocycles. The molecular formula is C9H19AlO. The van der Waals surface area contributed by atoms with E-state index in [0.29, 0.717) is 0 Å². The number of hydrogen-bond acceptors (Lipinski definition) is 1. The summed E-state index contributed by atoms with van der Waals surface area (Å²) in [4.78, 5) is 0. The lowest BCUT2D eigenvalue weighted by Crippen LogP contribution is -2.27. The topological polar surface area (TPSA) is 9.23 Å². The first kappa shape index (κ1) is 9.58. The zero-order valence-electron chi connectivity index (χ0n) is 7.81. The molecule has 0 aliphatic carbocycles. The molecule has 0 aromatic heterocycles. The normalized spacial score (nSPS) is 21.8. The molecule has 0 amide bonds. The molecule has 0 saturated carbocycles. The Balaban J connectivity index is 2.21. The molecule has 1 atom stereocenters. The Morgan fingerprint density at radius 1 is 1.45 bits per heavy atom. The van der Waals surface area contributed by atoms with Crippen LogP contribution in [0.5, 0.6) is 0 Å². The highest BCUT2D eigenvalue weighted by molar-refractivity contribution is 6.53. The van der Waals surface area contributed by atoms with Crippen LogP contribution in [0.4, 0.5) is 0 Å². The van der Waals surface area contributed by atoms with E-state index in [1.807, 2.05) is 0 Å². The molecule has 1 aliphatic rings.